The van der Waals surface area contributed by atoms with E-state index in [1.54, 1.807) is 11.3 Å². The molecule has 0 aromatic carbocycles. The maximum atomic E-state index is 5.67. The van der Waals surface area contributed by atoms with Crippen LogP contribution in [0.2, 0.25) is 0 Å². The molecule has 21 heavy (non-hydrogen) atoms. The maximum absolute atomic E-state index is 5.67. The molecule has 2 aromatic heterocycles. The molecule has 1 aliphatic carbocycles. The molecule has 0 radical (unpaired) electrons. The SMILES string of the molecule is Cc1sc2nc(CN(C)C3CCCC3)nc(NN)c2c1C. The monoisotopic (exact) mass is 305 g/mol. The van der Waals surface area contributed by atoms with Crippen LogP contribution in [0, 0.1) is 13.8 Å². The van der Waals surface area contributed by atoms with E-state index < -0.39 is 0 Å². The van der Waals surface area contributed by atoms with Crippen LogP contribution >= 0.6 is 11.3 Å². The van der Waals surface area contributed by atoms with Crippen molar-refractivity contribution in [3.63, 3.8) is 0 Å². The van der Waals surface area contributed by atoms with Gasteiger partial charge in [-0.2, -0.15) is 0 Å². The highest BCUT2D eigenvalue weighted by Gasteiger charge is 2.21. The molecule has 1 fully saturated rings. The summed E-state index contributed by atoms with van der Waals surface area (Å²) in [6.45, 7) is 5.00. The minimum absolute atomic E-state index is 0.672. The average Bonchev–Trinajstić information content (AvgIpc) is 3.08. The summed E-state index contributed by atoms with van der Waals surface area (Å²) in [5, 5.41) is 1.06. The zero-order valence-electron chi connectivity index (χ0n) is 12.9. The fraction of sp³-hybridized carbons (Fsp3) is 0.600. The number of rotatable bonds is 4. The number of hydrogen-bond donors (Lipinski definition) is 2. The molecule has 3 rings (SSSR count). The van der Waals surface area contributed by atoms with Crippen LogP contribution in [0.3, 0.4) is 0 Å². The van der Waals surface area contributed by atoms with Crippen molar-refractivity contribution >= 4 is 27.4 Å². The van der Waals surface area contributed by atoms with E-state index in [9.17, 15) is 0 Å². The highest BCUT2D eigenvalue weighted by Crippen LogP contribution is 2.33. The Kier molecular flexibility index (Phi) is 4.10. The van der Waals surface area contributed by atoms with Gasteiger partial charge >= 0.3 is 0 Å². The smallest absolute Gasteiger partial charge is 0.152 e. The maximum Gasteiger partial charge on any atom is 0.152 e. The van der Waals surface area contributed by atoms with Crippen molar-refractivity contribution in [1.82, 2.24) is 14.9 Å². The minimum Gasteiger partial charge on any atom is -0.308 e. The van der Waals surface area contributed by atoms with E-state index in [1.165, 1.54) is 36.1 Å². The first-order chi connectivity index (χ1) is 10.1. The number of aromatic nitrogens is 2. The Morgan fingerprint density at radius 3 is 2.67 bits per heavy atom. The summed E-state index contributed by atoms with van der Waals surface area (Å²) in [4.78, 5) is 14.1. The van der Waals surface area contributed by atoms with Crippen LogP contribution in [0.5, 0.6) is 0 Å². The van der Waals surface area contributed by atoms with E-state index in [1.807, 2.05) is 0 Å². The summed E-state index contributed by atoms with van der Waals surface area (Å²) in [6, 6.07) is 0.672. The molecule has 1 saturated carbocycles. The number of nitrogens with two attached hydrogens (primary N) is 1. The van der Waals surface area contributed by atoms with Crippen molar-refractivity contribution in [1.29, 1.82) is 0 Å². The molecule has 0 bridgehead atoms. The Balaban J connectivity index is 1.92. The topological polar surface area (TPSA) is 67.1 Å². The van der Waals surface area contributed by atoms with Gasteiger partial charge in [0.2, 0.25) is 0 Å². The van der Waals surface area contributed by atoms with E-state index in [2.05, 4.69) is 36.2 Å². The zero-order chi connectivity index (χ0) is 15.0. The van der Waals surface area contributed by atoms with Gasteiger partial charge in [0.25, 0.3) is 0 Å². The van der Waals surface area contributed by atoms with Gasteiger partial charge in [-0.3, -0.25) is 4.90 Å². The van der Waals surface area contributed by atoms with Crippen molar-refractivity contribution in [3.8, 4) is 0 Å². The lowest BCUT2D eigenvalue weighted by Crippen LogP contribution is -2.29. The molecule has 114 valence electrons. The van der Waals surface area contributed by atoms with E-state index in [4.69, 9.17) is 10.8 Å². The lowest BCUT2D eigenvalue weighted by atomic mass is 10.2. The predicted octanol–water partition coefficient (Wildman–Crippen LogP) is 2.97. The van der Waals surface area contributed by atoms with Gasteiger partial charge < -0.3 is 5.43 Å². The van der Waals surface area contributed by atoms with Crippen LogP contribution in [0.1, 0.15) is 41.9 Å². The number of thiophene rings is 1. The minimum atomic E-state index is 0.672. The molecular formula is C15H23N5S. The van der Waals surface area contributed by atoms with E-state index in [0.717, 1.165) is 28.4 Å². The number of nitrogens with one attached hydrogen (secondary N) is 1. The van der Waals surface area contributed by atoms with Crippen LogP contribution in [-0.4, -0.2) is 28.0 Å². The third-order valence-corrected chi connectivity index (χ3v) is 5.65. The summed E-state index contributed by atoms with van der Waals surface area (Å²) < 4.78 is 0. The summed E-state index contributed by atoms with van der Waals surface area (Å²) in [7, 11) is 2.17. The first-order valence-corrected chi connectivity index (χ1v) is 8.35. The van der Waals surface area contributed by atoms with Crippen molar-refractivity contribution in [2.75, 3.05) is 12.5 Å². The van der Waals surface area contributed by atoms with Crippen LogP contribution in [0.4, 0.5) is 5.82 Å². The second-order valence-electron chi connectivity index (χ2n) is 5.95. The summed E-state index contributed by atoms with van der Waals surface area (Å²) in [6.07, 6.45) is 5.26. The number of fused-ring (bicyclic) bond motifs is 1. The van der Waals surface area contributed by atoms with Crippen LogP contribution in [0.15, 0.2) is 0 Å². The fourth-order valence-corrected chi connectivity index (χ4v) is 4.21. The molecule has 2 heterocycles. The number of anilines is 1. The quantitative estimate of drug-likeness (QED) is 0.671. The van der Waals surface area contributed by atoms with E-state index >= 15 is 0 Å². The van der Waals surface area contributed by atoms with Gasteiger partial charge in [-0.15, -0.1) is 11.3 Å². The Morgan fingerprint density at radius 2 is 2.00 bits per heavy atom. The Labute approximate surface area is 129 Å². The lowest BCUT2D eigenvalue weighted by molar-refractivity contribution is 0.232. The van der Waals surface area contributed by atoms with Crippen molar-refractivity contribution in [3.05, 3.63) is 16.3 Å². The van der Waals surface area contributed by atoms with Gasteiger partial charge in [-0.25, -0.2) is 15.8 Å². The lowest BCUT2D eigenvalue weighted by Gasteiger charge is -2.23. The van der Waals surface area contributed by atoms with Crippen LogP contribution in [0.25, 0.3) is 10.2 Å². The Bertz CT molecular complexity index is 645. The molecule has 0 atom stereocenters. The third-order valence-electron chi connectivity index (χ3n) is 4.55. The van der Waals surface area contributed by atoms with Gasteiger partial charge in [0.15, 0.2) is 5.82 Å². The molecule has 0 saturated heterocycles. The van der Waals surface area contributed by atoms with E-state index in [-0.39, 0.29) is 0 Å². The van der Waals surface area contributed by atoms with Gasteiger partial charge in [0, 0.05) is 10.9 Å². The number of hydrogen-bond acceptors (Lipinski definition) is 6. The molecular weight excluding hydrogens is 282 g/mol. The normalized spacial score (nSPS) is 16.2. The first kappa shape index (κ1) is 14.7. The van der Waals surface area contributed by atoms with Crippen LogP contribution < -0.4 is 11.3 Å². The van der Waals surface area contributed by atoms with Crippen molar-refractivity contribution in [2.24, 2.45) is 5.84 Å². The fourth-order valence-electron chi connectivity index (χ4n) is 3.17. The number of nitrogens with zero attached hydrogens (tertiary/aromatic N) is 3. The largest absolute Gasteiger partial charge is 0.308 e. The molecule has 0 spiro atoms. The molecule has 5 nitrogen and oxygen atoms in total. The molecule has 0 amide bonds. The Hall–Kier alpha value is -1.24. The molecule has 6 heteroatoms. The summed E-state index contributed by atoms with van der Waals surface area (Å²) in [5.74, 6) is 7.27. The third kappa shape index (κ3) is 2.75. The van der Waals surface area contributed by atoms with Crippen molar-refractivity contribution < 1.29 is 0 Å². The molecule has 2 aromatic rings. The molecule has 1 aliphatic rings. The Morgan fingerprint density at radius 1 is 1.29 bits per heavy atom. The second kappa shape index (κ2) is 5.87. The summed E-state index contributed by atoms with van der Waals surface area (Å²) >= 11 is 1.72. The van der Waals surface area contributed by atoms with Gasteiger partial charge in [0.05, 0.1) is 11.9 Å². The molecule has 0 unspecified atom stereocenters. The number of hydrazine groups is 1. The first-order valence-electron chi connectivity index (χ1n) is 7.53. The highest BCUT2D eigenvalue weighted by molar-refractivity contribution is 7.18. The predicted molar refractivity (Wildman–Crippen MR) is 88.4 cm³/mol. The van der Waals surface area contributed by atoms with Gasteiger partial charge in [-0.05, 0) is 39.3 Å². The number of nitrogen functional groups attached to an aromatic ring is 1. The summed E-state index contributed by atoms with van der Waals surface area (Å²) in [5.41, 5.74) is 3.97. The standard InChI is InChI=1S/C15H23N5S/c1-9-10(2)21-15-13(9)14(19-16)17-12(18-15)8-20(3)11-6-4-5-7-11/h11H,4-8,16H2,1-3H3,(H,17,18,19). The van der Waals surface area contributed by atoms with Gasteiger partial charge in [-0.1, -0.05) is 12.8 Å². The highest BCUT2D eigenvalue weighted by atomic mass is 32.1. The molecule has 3 N–H and O–H groups in total. The van der Waals surface area contributed by atoms with Crippen molar-refractivity contribution in [2.45, 2.75) is 52.1 Å². The van der Waals surface area contributed by atoms with Gasteiger partial charge in [0.1, 0.15) is 10.7 Å². The van der Waals surface area contributed by atoms with Crippen LogP contribution in [-0.2, 0) is 6.54 Å². The second-order valence-corrected chi connectivity index (χ2v) is 7.15. The average molecular weight is 305 g/mol. The molecule has 0 aliphatic heterocycles. The zero-order valence-corrected chi connectivity index (χ0v) is 13.8. The van der Waals surface area contributed by atoms with E-state index in [0.29, 0.717) is 6.04 Å². The number of aryl methyl sites for hydroxylation is 2.